The predicted octanol–water partition coefficient (Wildman–Crippen LogP) is -0.482. The largest absolute Gasteiger partial charge is 0.391 e. The molecule has 0 aliphatic rings. The highest BCUT2D eigenvalue weighted by atomic mass is 16.5. The van der Waals surface area contributed by atoms with Crippen LogP contribution in [0.3, 0.4) is 0 Å². The Hall–Kier alpha value is -0.610. The number of aliphatic hydroxyl groups is 1. The molecule has 66 valence electrons. The van der Waals surface area contributed by atoms with E-state index in [1.54, 1.807) is 13.8 Å². The van der Waals surface area contributed by atoms with E-state index < -0.39 is 6.10 Å². The molecule has 0 unspecified atom stereocenters. The van der Waals surface area contributed by atoms with E-state index in [1.165, 1.54) is 0 Å². The monoisotopic (exact) mass is 161 g/mol. The Morgan fingerprint density at radius 1 is 1.64 bits per heavy atom. The summed E-state index contributed by atoms with van der Waals surface area (Å²) in [7, 11) is 0. The Kier molecular flexibility index (Phi) is 5.78. The lowest BCUT2D eigenvalue weighted by Crippen LogP contribution is -2.27. The van der Waals surface area contributed by atoms with Crippen LogP contribution in [0, 0.1) is 0 Å². The van der Waals surface area contributed by atoms with Gasteiger partial charge in [0.15, 0.2) is 0 Å². The van der Waals surface area contributed by atoms with Gasteiger partial charge in [-0.3, -0.25) is 4.79 Å². The third-order valence-electron chi connectivity index (χ3n) is 1.39. The Labute approximate surface area is 66.5 Å². The summed E-state index contributed by atoms with van der Waals surface area (Å²) in [6.07, 6.45) is -0.0224. The highest BCUT2D eigenvalue weighted by Crippen LogP contribution is 1.95. The summed E-state index contributed by atoms with van der Waals surface area (Å²) >= 11 is 0. The second-order valence-electron chi connectivity index (χ2n) is 2.39. The minimum Gasteiger partial charge on any atom is -0.391 e. The molecular weight excluding hydrogens is 146 g/mol. The highest BCUT2D eigenvalue weighted by Gasteiger charge is 2.07. The van der Waals surface area contributed by atoms with Gasteiger partial charge in [0.1, 0.15) is 0 Å². The van der Waals surface area contributed by atoms with E-state index in [-0.39, 0.29) is 6.10 Å². The average Bonchev–Trinajstić information content (AvgIpc) is 1.97. The van der Waals surface area contributed by atoms with Crippen molar-refractivity contribution in [1.29, 1.82) is 0 Å². The fourth-order valence-electron chi connectivity index (χ4n) is 0.502. The van der Waals surface area contributed by atoms with Crippen LogP contribution in [0.15, 0.2) is 0 Å². The molecule has 0 aromatic heterocycles. The van der Waals surface area contributed by atoms with Crippen molar-refractivity contribution in [3.63, 3.8) is 0 Å². The van der Waals surface area contributed by atoms with E-state index >= 15 is 0 Å². The van der Waals surface area contributed by atoms with Crippen LogP contribution in [0.25, 0.3) is 0 Å². The molecule has 0 aliphatic carbocycles. The molecule has 4 heteroatoms. The summed E-state index contributed by atoms with van der Waals surface area (Å²) in [5.74, 6) is 0. The molecule has 0 bridgehead atoms. The zero-order valence-electron chi connectivity index (χ0n) is 6.91. The molecule has 4 nitrogen and oxygen atoms in total. The number of rotatable bonds is 6. The molecule has 11 heavy (non-hydrogen) atoms. The highest BCUT2D eigenvalue weighted by molar-refractivity contribution is 5.45. The van der Waals surface area contributed by atoms with Gasteiger partial charge in [-0.15, -0.1) is 0 Å². The van der Waals surface area contributed by atoms with Gasteiger partial charge in [0.2, 0.25) is 6.41 Å². The number of hydrogen-bond donors (Lipinski definition) is 2. The predicted molar refractivity (Wildman–Crippen MR) is 41.2 cm³/mol. The SMILES string of the molecule is C[C@H](O)[C@H](C)OCCNC=O. The van der Waals surface area contributed by atoms with Crippen molar-refractivity contribution in [2.24, 2.45) is 0 Å². The molecule has 0 aromatic rings. The van der Waals surface area contributed by atoms with Crippen molar-refractivity contribution in [3.05, 3.63) is 0 Å². The van der Waals surface area contributed by atoms with E-state index in [1.807, 2.05) is 0 Å². The fourth-order valence-corrected chi connectivity index (χ4v) is 0.502. The molecule has 2 N–H and O–H groups in total. The molecular formula is C7H15NO3. The first-order valence-corrected chi connectivity index (χ1v) is 3.65. The number of hydrogen-bond acceptors (Lipinski definition) is 3. The molecule has 0 radical (unpaired) electrons. The van der Waals surface area contributed by atoms with Crippen LogP contribution in [0.4, 0.5) is 0 Å². The van der Waals surface area contributed by atoms with Crippen LogP contribution in [0.5, 0.6) is 0 Å². The summed E-state index contributed by atoms with van der Waals surface area (Å²) < 4.78 is 5.13. The maximum atomic E-state index is 9.77. The van der Waals surface area contributed by atoms with Gasteiger partial charge in [-0.1, -0.05) is 0 Å². The Bertz CT molecular complexity index is 106. The van der Waals surface area contributed by atoms with Crippen molar-refractivity contribution >= 4 is 6.41 Å². The minimum atomic E-state index is -0.466. The smallest absolute Gasteiger partial charge is 0.207 e. The number of ether oxygens (including phenoxy) is 1. The van der Waals surface area contributed by atoms with Gasteiger partial charge in [0, 0.05) is 6.54 Å². The fraction of sp³-hybridized carbons (Fsp3) is 0.857. The van der Waals surface area contributed by atoms with Gasteiger partial charge < -0.3 is 15.2 Å². The second kappa shape index (κ2) is 6.12. The molecule has 0 fully saturated rings. The number of carbonyl (C=O) groups is 1. The molecule has 2 atom stereocenters. The zero-order valence-corrected chi connectivity index (χ0v) is 6.91. The first kappa shape index (κ1) is 10.4. The molecule has 0 aliphatic heterocycles. The van der Waals surface area contributed by atoms with E-state index in [0.29, 0.717) is 19.6 Å². The van der Waals surface area contributed by atoms with E-state index in [9.17, 15) is 4.79 Å². The summed E-state index contributed by atoms with van der Waals surface area (Å²) in [6.45, 7) is 4.37. The average molecular weight is 161 g/mol. The second-order valence-corrected chi connectivity index (χ2v) is 2.39. The normalized spacial score (nSPS) is 15.5. The summed E-state index contributed by atoms with van der Waals surface area (Å²) in [5, 5.41) is 11.4. The first-order chi connectivity index (χ1) is 5.18. The van der Waals surface area contributed by atoms with Crippen LogP contribution in [-0.2, 0) is 9.53 Å². The van der Waals surface area contributed by atoms with Crippen molar-refractivity contribution in [3.8, 4) is 0 Å². The lowest BCUT2D eigenvalue weighted by molar-refractivity contribution is -0.110. The summed E-state index contributed by atoms with van der Waals surface area (Å²) in [4.78, 5) is 9.77. The molecule has 0 heterocycles. The maximum Gasteiger partial charge on any atom is 0.207 e. The first-order valence-electron chi connectivity index (χ1n) is 3.65. The Morgan fingerprint density at radius 3 is 2.73 bits per heavy atom. The standard InChI is InChI=1S/C7H15NO3/c1-6(10)7(2)11-4-3-8-5-9/h5-7,10H,3-4H2,1-2H3,(H,8,9)/t6-,7-/m0/s1. The van der Waals surface area contributed by atoms with E-state index in [4.69, 9.17) is 9.84 Å². The van der Waals surface area contributed by atoms with Crippen LogP contribution >= 0.6 is 0 Å². The topological polar surface area (TPSA) is 58.6 Å². The lowest BCUT2D eigenvalue weighted by Gasteiger charge is -2.14. The summed E-state index contributed by atoms with van der Waals surface area (Å²) in [5.41, 5.74) is 0. The molecule has 0 spiro atoms. The molecule has 1 amide bonds. The third-order valence-corrected chi connectivity index (χ3v) is 1.39. The lowest BCUT2D eigenvalue weighted by atomic mass is 10.3. The van der Waals surface area contributed by atoms with Crippen LogP contribution in [0.2, 0.25) is 0 Å². The van der Waals surface area contributed by atoms with Gasteiger partial charge in [-0.25, -0.2) is 0 Å². The molecule has 0 saturated carbocycles. The van der Waals surface area contributed by atoms with Crippen molar-refractivity contribution in [2.45, 2.75) is 26.1 Å². The van der Waals surface area contributed by atoms with Crippen LogP contribution in [0.1, 0.15) is 13.8 Å². The zero-order chi connectivity index (χ0) is 8.69. The van der Waals surface area contributed by atoms with Gasteiger partial charge >= 0.3 is 0 Å². The minimum absolute atomic E-state index is 0.177. The Balaban J connectivity index is 3.17. The van der Waals surface area contributed by atoms with Crippen molar-refractivity contribution in [2.75, 3.05) is 13.2 Å². The molecule has 0 aromatic carbocycles. The van der Waals surface area contributed by atoms with Gasteiger partial charge in [-0.05, 0) is 13.8 Å². The quantitative estimate of drug-likeness (QED) is 0.408. The van der Waals surface area contributed by atoms with E-state index in [0.717, 1.165) is 0 Å². The van der Waals surface area contributed by atoms with Gasteiger partial charge in [0.25, 0.3) is 0 Å². The van der Waals surface area contributed by atoms with Crippen molar-refractivity contribution < 1.29 is 14.6 Å². The van der Waals surface area contributed by atoms with Gasteiger partial charge in [-0.2, -0.15) is 0 Å². The third kappa shape index (κ3) is 5.82. The van der Waals surface area contributed by atoms with Gasteiger partial charge in [0.05, 0.1) is 18.8 Å². The Morgan fingerprint density at radius 2 is 2.27 bits per heavy atom. The van der Waals surface area contributed by atoms with Crippen molar-refractivity contribution in [1.82, 2.24) is 5.32 Å². The molecule has 0 rings (SSSR count). The number of amides is 1. The number of aliphatic hydroxyl groups excluding tert-OH is 1. The van der Waals surface area contributed by atoms with Crippen LogP contribution in [-0.4, -0.2) is 36.9 Å². The number of nitrogens with one attached hydrogen (secondary N) is 1. The van der Waals surface area contributed by atoms with Crippen LogP contribution < -0.4 is 5.32 Å². The molecule has 0 saturated heterocycles. The number of carbonyl (C=O) groups excluding carboxylic acids is 1. The van der Waals surface area contributed by atoms with E-state index in [2.05, 4.69) is 5.32 Å². The maximum absolute atomic E-state index is 9.77. The summed E-state index contributed by atoms with van der Waals surface area (Å²) in [6, 6.07) is 0.